The number of unbranched alkanes of at least 4 members (excludes halogenated alkanes) is 1. The highest BCUT2D eigenvalue weighted by Crippen LogP contribution is 2.41. The Morgan fingerprint density at radius 2 is 2.44 bits per heavy atom. The molecular weight excluding hydrogens is 244 g/mol. The molecule has 0 spiro atoms. The highest BCUT2D eigenvalue weighted by Gasteiger charge is 2.27. The number of carbonyl (C=O) groups is 1. The molecule has 1 aliphatic carbocycles. The van der Waals surface area contributed by atoms with Crippen molar-refractivity contribution < 1.29 is 4.79 Å². The zero-order valence-corrected chi connectivity index (χ0v) is 11.8. The number of allylic oxidation sites excluding steroid dienone is 1. The minimum absolute atomic E-state index is 0.00692. The van der Waals surface area contributed by atoms with E-state index in [0.717, 1.165) is 18.5 Å². The van der Waals surface area contributed by atoms with E-state index in [1.54, 1.807) is 17.4 Å². The molecule has 1 aromatic rings. The van der Waals surface area contributed by atoms with Crippen molar-refractivity contribution in [3.05, 3.63) is 28.2 Å². The second kappa shape index (κ2) is 6.14. The van der Waals surface area contributed by atoms with Gasteiger partial charge in [-0.2, -0.15) is 0 Å². The Hall–Kier alpha value is -1.16. The van der Waals surface area contributed by atoms with E-state index in [9.17, 15) is 4.79 Å². The SMILES string of the molecule is CCC/C=C/C(=O)NC(C)c1csc(C2CC2)n1. The molecule has 1 saturated carbocycles. The largest absolute Gasteiger partial charge is 0.344 e. The van der Waals surface area contributed by atoms with Gasteiger partial charge in [0.1, 0.15) is 0 Å². The average molecular weight is 264 g/mol. The first kappa shape index (κ1) is 13.3. The minimum Gasteiger partial charge on any atom is -0.344 e. The summed E-state index contributed by atoms with van der Waals surface area (Å²) in [7, 11) is 0. The third-order valence-electron chi connectivity index (χ3n) is 2.99. The molecule has 1 fully saturated rings. The summed E-state index contributed by atoms with van der Waals surface area (Å²) in [5.41, 5.74) is 0.985. The van der Waals surface area contributed by atoms with Crippen LogP contribution in [0, 0.1) is 0 Å². The molecule has 0 aromatic carbocycles. The van der Waals surface area contributed by atoms with Crippen LogP contribution >= 0.6 is 11.3 Å². The van der Waals surface area contributed by atoms with Gasteiger partial charge in [0.25, 0.3) is 0 Å². The molecule has 1 aromatic heterocycles. The summed E-state index contributed by atoms with van der Waals surface area (Å²) in [5.74, 6) is 0.660. The zero-order valence-electron chi connectivity index (χ0n) is 11.0. The Bertz CT molecular complexity index is 435. The van der Waals surface area contributed by atoms with Crippen molar-refractivity contribution in [1.82, 2.24) is 10.3 Å². The maximum absolute atomic E-state index is 11.6. The second-order valence-corrected chi connectivity index (χ2v) is 5.70. The molecule has 0 saturated heterocycles. The molecule has 1 atom stereocenters. The lowest BCUT2D eigenvalue weighted by Gasteiger charge is -2.09. The number of hydrogen-bond donors (Lipinski definition) is 1. The van der Waals surface area contributed by atoms with Crippen molar-refractivity contribution in [1.29, 1.82) is 0 Å². The van der Waals surface area contributed by atoms with E-state index in [2.05, 4.69) is 22.6 Å². The fourth-order valence-electron chi connectivity index (χ4n) is 1.71. The number of hydrogen-bond acceptors (Lipinski definition) is 3. The lowest BCUT2D eigenvalue weighted by Crippen LogP contribution is -2.24. The molecule has 4 heteroatoms. The van der Waals surface area contributed by atoms with Gasteiger partial charge in [-0.1, -0.05) is 19.4 Å². The van der Waals surface area contributed by atoms with Crippen LogP contribution in [-0.2, 0) is 4.79 Å². The zero-order chi connectivity index (χ0) is 13.0. The maximum atomic E-state index is 11.6. The van der Waals surface area contributed by atoms with Crippen LogP contribution in [0.3, 0.4) is 0 Å². The molecule has 3 nitrogen and oxygen atoms in total. The van der Waals surface area contributed by atoms with Gasteiger partial charge in [0.05, 0.1) is 16.7 Å². The fourth-order valence-corrected chi connectivity index (χ4v) is 2.79. The quantitative estimate of drug-likeness (QED) is 0.798. The van der Waals surface area contributed by atoms with Crippen molar-refractivity contribution in [2.45, 2.75) is 51.5 Å². The van der Waals surface area contributed by atoms with E-state index in [0.29, 0.717) is 5.92 Å². The number of nitrogens with zero attached hydrogens (tertiary/aromatic N) is 1. The van der Waals surface area contributed by atoms with E-state index in [1.807, 2.05) is 13.0 Å². The third kappa shape index (κ3) is 3.67. The van der Waals surface area contributed by atoms with E-state index >= 15 is 0 Å². The van der Waals surface area contributed by atoms with Crippen molar-refractivity contribution in [3.8, 4) is 0 Å². The van der Waals surface area contributed by atoms with Crippen LogP contribution in [0.1, 0.15) is 62.2 Å². The van der Waals surface area contributed by atoms with Gasteiger partial charge in [0, 0.05) is 11.3 Å². The van der Waals surface area contributed by atoms with Crippen LogP contribution < -0.4 is 5.32 Å². The minimum atomic E-state index is -0.0306. The number of nitrogens with one attached hydrogen (secondary N) is 1. The highest BCUT2D eigenvalue weighted by atomic mass is 32.1. The van der Waals surface area contributed by atoms with Gasteiger partial charge in [-0.05, 0) is 32.3 Å². The van der Waals surface area contributed by atoms with Gasteiger partial charge in [-0.25, -0.2) is 4.98 Å². The van der Waals surface area contributed by atoms with Crippen molar-refractivity contribution in [2.24, 2.45) is 0 Å². The first-order valence-electron chi connectivity index (χ1n) is 6.63. The molecular formula is C14H20N2OS. The predicted molar refractivity (Wildman–Crippen MR) is 74.7 cm³/mol. The fraction of sp³-hybridized carbons (Fsp3) is 0.571. The van der Waals surface area contributed by atoms with Gasteiger partial charge in [-0.3, -0.25) is 4.79 Å². The van der Waals surface area contributed by atoms with Crippen LogP contribution in [0.15, 0.2) is 17.5 Å². The van der Waals surface area contributed by atoms with Crippen molar-refractivity contribution in [2.75, 3.05) is 0 Å². The van der Waals surface area contributed by atoms with E-state index < -0.39 is 0 Å². The number of thiazole rings is 1. The molecule has 1 aliphatic rings. The first-order chi connectivity index (χ1) is 8.70. The van der Waals surface area contributed by atoms with Crippen LogP contribution in [0.25, 0.3) is 0 Å². The topological polar surface area (TPSA) is 42.0 Å². The second-order valence-electron chi connectivity index (χ2n) is 4.81. The number of amides is 1. The molecule has 98 valence electrons. The molecule has 1 amide bonds. The Morgan fingerprint density at radius 1 is 1.67 bits per heavy atom. The smallest absolute Gasteiger partial charge is 0.244 e. The van der Waals surface area contributed by atoms with E-state index in [4.69, 9.17) is 0 Å². The summed E-state index contributed by atoms with van der Waals surface area (Å²) in [6.07, 6.45) is 8.09. The number of rotatable bonds is 6. The molecule has 1 N–H and O–H groups in total. The Labute approximate surface area is 112 Å². The molecule has 2 rings (SSSR count). The standard InChI is InChI=1S/C14H20N2OS/c1-3-4-5-6-13(17)15-10(2)12-9-18-14(16-12)11-7-8-11/h5-6,9-11H,3-4,7-8H2,1-2H3,(H,15,17)/b6-5+. The van der Waals surface area contributed by atoms with Gasteiger partial charge < -0.3 is 5.32 Å². The Morgan fingerprint density at radius 3 is 3.11 bits per heavy atom. The maximum Gasteiger partial charge on any atom is 0.244 e. The van der Waals surface area contributed by atoms with E-state index in [1.165, 1.54) is 17.8 Å². The van der Waals surface area contributed by atoms with Crippen LogP contribution in [0.5, 0.6) is 0 Å². The van der Waals surface area contributed by atoms with E-state index in [-0.39, 0.29) is 11.9 Å². The summed E-state index contributed by atoms with van der Waals surface area (Å²) in [6, 6.07) is -0.00692. The first-order valence-corrected chi connectivity index (χ1v) is 7.51. The molecule has 0 bridgehead atoms. The Kier molecular flexibility index (Phi) is 4.53. The molecule has 0 radical (unpaired) electrons. The lowest BCUT2D eigenvalue weighted by molar-refractivity contribution is -0.117. The van der Waals surface area contributed by atoms with Gasteiger partial charge in [-0.15, -0.1) is 11.3 Å². The molecule has 18 heavy (non-hydrogen) atoms. The van der Waals surface area contributed by atoms with Crippen molar-refractivity contribution in [3.63, 3.8) is 0 Å². The molecule has 1 unspecified atom stereocenters. The van der Waals surface area contributed by atoms with Crippen LogP contribution in [0.2, 0.25) is 0 Å². The molecule has 0 aliphatic heterocycles. The monoisotopic (exact) mass is 264 g/mol. The van der Waals surface area contributed by atoms with Crippen molar-refractivity contribution >= 4 is 17.2 Å². The van der Waals surface area contributed by atoms with Gasteiger partial charge in [0.2, 0.25) is 5.91 Å². The summed E-state index contributed by atoms with van der Waals surface area (Å²) < 4.78 is 0. The molecule has 1 heterocycles. The Balaban J connectivity index is 1.85. The summed E-state index contributed by atoms with van der Waals surface area (Å²) in [6.45, 7) is 4.08. The number of aromatic nitrogens is 1. The average Bonchev–Trinajstić information content (AvgIpc) is 3.07. The summed E-state index contributed by atoms with van der Waals surface area (Å²) in [5, 5.41) is 6.24. The highest BCUT2D eigenvalue weighted by molar-refractivity contribution is 7.09. The number of carbonyl (C=O) groups excluding carboxylic acids is 1. The van der Waals surface area contributed by atoms with Gasteiger partial charge in [0.15, 0.2) is 0 Å². The summed E-state index contributed by atoms with van der Waals surface area (Å²) in [4.78, 5) is 16.2. The normalized spacial score (nSPS) is 17.0. The lowest BCUT2D eigenvalue weighted by atomic mass is 10.2. The van der Waals surface area contributed by atoms with Gasteiger partial charge >= 0.3 is 0 Å². The summed E-state index contributed by atoms with van der Waals surface area (Å²) >= 11 is 1.72. The third-order valence-corrected chi connectivity index (χ3v) is 4.02. The predicted octanol–water partition coefficient (Wildman–Crippen LogP) is 3.55. The van der Waals surface area contributed by atoms with Crippen LogP contribution in [0.4, 0.5) is 0 Å². The van der Waals surface area contributed by atoms with Crippen LogP contribution in [-0.4, -0.2) is 10.9 Å².